The van der Waals surface area contributed by atoms with E-state index >= 15 is 0 Å². The fourth-order valence-electron chi connectivity index (χ4n) is 4.56. The summed E-state index contributed by atoms with van der Waals surface area (Å²) in [5.74, 6) is 0.882. The van der Waals surface area contributed by atoms with Crippen LogP contribution in [0.5, 0.6) is 17.2 Å². The van der Waals surface area contributed by atoms with Gasteiger partial charge in [-0.2, -0.15) is 5.10 Å². The maximum absolute atomic E-state index is 12.7. The van der Waals surface area contributed by atoms with Crippen molar-refractivity contribution in [1.82, 2.24) is 5.43 Å². The number of nitrogens with one attached hydrogen (secondary N) is 1. The summed E-state index contributed by atoms with van der Waals surface area (Å²) >= 11 is 0. The van der Waals surface area contributed by atoms with Crippen molar-refractivity contribution in [3.05, 3.63) is 53.6 Å². The minimum atomic E-state index is -0.486. The average molecular weight is 581 g/mol. The summed E-state index contributed by atoms with van der Waals surface area (Å²) in [5.41, 5.74) is 3.74. The molecule has 0 radical (unpaired) electrons. The van der Waals surface area contributed by atoms with Crippen LogP contribution in [0.15, 0.2) is 47.6 Å². The van der Waals surface area contributed by atoms with E-state index < -0.39 is 5.97 Å². The molecule has 0 aliphatic rings. The van der Waals surface area contributed by atoms with Crippen LogP contribution >= 0.6 is 0 Å². The van der Waals surface area contributed by atoms with E-state index in [-0.39, 0.29) is 5.91 Å². The second-order valence-corrected chi connectivity index (χ2v) is 10.7. The van der Waals surface area contributed by atoms with Crippen molar-refractivity contribution in [2.75, 3.05) is 13.2 Å². The number of carbonyl (C=O) groups excluding carboxylic acids is 2. The Hall–Kier alpha value is -3.35. The van der Waals surface area contributed by atoms with E-state index in [0.29, 0.717) is 42.4 Å². The van der Waals surface area contributed by atoms with E-state index in [1.165, 1.54) is 70.6 Å². The van der Waals surface area contributed by atoms with Gasteiger partial charge in [0.25, 0.3) is 0 Å². The number of rotatable bonds is 23. The summed E-state index contributed by atoms with van der Waals surface area (Å²) in [4.78, 5) is 24.8. The molecule has 0 aliphatic heterocycles. The normalized spacial score (nSPS) is 11.0. The summed E-state index contributed by atoms with van der Waals surface area (Å²) in [6.45, 7) is 7.19. The largest absolute Gasteiger partial charge is 0.494 e. The zero-order valence-electron chi connectivity index (χ0n) is 26.1. The number of nitrogens with zero attached hydrogens (tertiary/aromatic N) is 1. The van der Waals surface area contributed by atoms with Crippen LogP contribution in [0, 0.1) is 0 Å². The van der Waals surface area contributed by atoms with Gasteiger partial charge in [-0.05, 0) is 67.8 Å². The smallest absolute Gasteiger partial charge is 0.343 e. The molecule has 0 saturated carbocycles. The zero-order chi connectivity index (χ0) is 30.3. The number of benzene rings is 2. The molecule has 0 bridgehead atoms. The fraction of sp³-hybridized carbons (Fsp3) is 0.571. The third kappa shape index (κ3) is 15.0. The molecule has 0 fully saturated rings. The minimum absolute atomic E-state index is 0.0870. The summed E-state index contributed by atoms with van der Waals surface area (Å²) < 4.78 is 16.9. The predicted molar refractivity (Wildman–Crippen MR) is 171 cm³/mol. The zero-order valence-corrected chi connectivity index (χ0v) is 26.1. The standard InChI is InChI=1S/C35H52N2O5/c1-4-7-8-9-10-11-12-13-14-15-16-17-18-19-34(38)37-36-28-29-20-25-32(33(27-29)40-6-3)42-35(39)30-21-23-31(24-22-30)41-26-5-2/h20-25,27-28H,4-19,26H2,1-3H3,(H,37,38)/b36-28+. The molecule has 2 aromatic carbocycles. The number of hydrogen-bond donors (Lipinski definition) is 1. The SMILES string of the molecule is CCCCCCCCCCCCCCCC(=O)N/N=C/c1ccc(OC(=O)c2ccc(OCCC)cc2)c(OCC)c1. The molecule has 0 spiro atoms. The van der Waals surface area contributed by atoms with E-state index in [2.05, 4.69) is 17.5 Å². The quantitative estimate of drug-likeness (QED) is 0.0466. The Labute approximate surface area is 253 Å². The maximum Gasteiger partial charge on any atom is 0.343 e. The highest BCUT2D eigenvalue weighted by molar-refractivity contribution is 5.91. The van der Waals surface area contributed by atoms with Gasteiger partial charge in [-0.1, -0.05) is 90.9 Å². The third-order valence-corrected chi connectivity index (χ3v) is 6.94. The number of hydrogen-bond acceptors (Lipinski definition) is 6. The number of amides is 1. The molecule has 232 valence electrons. The average Bonchev–Trinajstić information content (AvgIpc) is 3.00. The van der Waals surface area contributed by atoms with E-state index in [0.717, 1.165) is 24.8 Å². The first-order valence-electron chi connectivity index (χ1n) is 16.1. The minimum Gasteiger partial charge on any atom is -0.494 e. The van der Waals surface area contributed by atoms with Crippen molar-refractivity contribution in [1.29, 1.82) is 0 Å². The summed E-state index contributed by atoms with van der Waals surface area (Å²) in [6, 6.07) is 12.0. The third-order valence-electron chi connectivity index (χ3n) is 6.94. The van der Waals surface area contributed by atoms with Gasteiger partial charge in [0, 0.05) is 6.42 Å². The van der Waals surface area contributed by atoms with Gasteiger partial charge in [-0.25, -0.2) is 10.2 Å². The molecule has 0 aromatic heterocycles. The Morgan fingerprint density at radius 1 is 0.714 bits per heavy atom. The lowest BCUT2D eigenvalue weighted by Crippen LogP contribution is -2.16. The first kappa shape index (κ1) is 34.8. The van der Waals surface area contributed by atoms with Gasteiger partial charge < -0.3 is 14.2 Å². The van der Waals surface area contributed by atoms with Crippen LogP contribution in [0.25, 0.3) is 0 Å². The molecular formula is C35H52N2O5. The number of ether oxygens (including phenoxy) is 3. The van der Waals surface area contributed by atoms with Crippen molar-refractivity contribution >= 4 is 18.1 Å². The van der Waals surface area contributed by atoms with Crippen LogP contribution in [0.3, 0.4) is 0 Å². The highest BCUT2D eigenvalue weighted by Crippen LogP contribution is 2.29. The van der Waals surface area contributed by atoms with Crippen molar-refractivity contribution in [3.63, 3.8) is 0 Å². The molecule has 1 amide bonds. The first-order valence-corrected chi connectivity index (χ1v) is 16.1. The van der Waals surface area contributed by atoms with Gasteiger partial charge in [-0.15, -0.1) is 0 Å². The van der Waals surface area contributed by atoms with Crippen molar-refractivity contribution in [2.24, 2.45) is 5.10 Å². The Balaban J connectivity index is 1.67. The number of carbonyl (C=O) groups is 2. The lowest BCUT2D eigenvalue weighted by molar-refractivity contribution is -0.121. The molecule has 7 nitrogen and oxygen atoms in total. The van der Waals surface area contributed by atoms with Gasteiger partial charge in [0.05, 0.1) is 25.0 Å². The molecule has 0 aliphatic carbocycles. The van der Waals surface area contributed by atoms with Crippen molar-refractivity contribution < 1.29 is 23.8 Å². The van der Waals surface area contributed by atoms with E-state index in [1.807, 2.05) is 13.8 Å². The molecule has 42 heavy (non-hydrogen) atoms. The monoisotopic (exact) mass is 580 g/mol. The Kier molecular flexibility index (Phi) is 18.5. The Bertz CT molecular complexity index is 1050. The lowest BCUT2D eigenvalue weighted by atomic mass is 10.0. The molecular weight excluding hydrogens is 528 g/mol. The summed E-state index contributed by atoms with van der Waals surface area (Å²) in [7, 11) is 0. The lowest BCUT2D eigenvalue weighted by Gasteiger charge is -2.12. The van der Waals surface area contributed by atoms with Gasteiger partial charge in [0.15, 0.2) is 11.5 Å². The highest BCUT2D eigenvalue weighted by atomic mass is 16.6. The Morgan fingerprint density at radius 2 is 1.33 bits per heavy atom. The highest BCUT2D eigenvalue weighted by Gasteiger charge is 2.13. The van der Waals surface area contributed by atoms with Gasteiger partial charge in [0.1, 0.15) is 5.75 Å². The van der Waals surface area contributed by atoms with Gasteiger partial charge >= 0.3 is 5.97 Å². The first-order chi connectivity index (χ1) is 20.6. The van der Waals surface area contributed by atoms with Crippen LogP contribution in [0.1, 0.15) is 133 Å². The maximum atomic E-state index is 12.7. The number of unbranched alkanes of at least 4 members (excludes halogenated alkanes) is 12. The fourth-order valence-corrected chi connectivity index (χ4v) is 4.56. The number of hydrazone groups is 1. The molecule has 2 rings (SSSR count). The summed E-state index contributed by atoms with van der Waals surface area (Å²) in [6.07, 6.45) is 19.6. The molecule has 7 heteroatoms. The molecule has 0 heterocycles. The van der Waals surface area contributed by atoms with Gasteiger partial charge in [-0.3, -0.25) is 4.79 Å². The number of esters is 1. The van der Waals surface area contributed by atoms with Crippen LogP contribution in [-0.4, -0.2) is 31.3 Å². The molecule has 0 atom stereocenters. The van der Waals surface area contributed by atoms with Crippen LogP contribution in [0.4, 0.5) is 0 Å². The summed E-state index contributed by atoms with van der Waals surface area (Å²) in [5, 5.41) is 4.09. The van der Waals surface area contributed by atoms with Gasteiger partial charge in [0.2, 0.25) is 5.91 Å². The van der Waals surface area contributed by atoms with E-state index in [1.54, 1.807) is 48.7 Å². The molecule has 0 saturated heterocycles. The van der Waals surface area contributed by atoms with Crippen LogP contribution in [0.2, 0.25) is 0 Å². The van der Waals surface area contributed by atoms with E-state index in [4.69, 9.17) is 14.2 Å². The Morgan fingerprint density at radius 3 is 1.93 bits per heavy atom. The predicted octanol–water partition coefficient (Wildman–Crippen LogP) is 9.02. The van der Waals surface area contributed by atoms with E-state index in [9.17, 15) is 9.59 Å². The second kappa shape index (κ2) is 22.3. The molecule has 2 aromatic rings. The van der Waals surface area contributed by atoms with Crippen molar-refractivity contribution in [2.45, 2.75) is 117 Å². The second-order valence-electron chi connectivity index (χ2n) is 10.7. The molecule has 1 N–H and O–H groups in total. The topological polar surface area (TPSA) is 86.2 Å². The van der Waals surface area contributed by atoms with Crippen LogP contribution < -0.4 is 19.6 Å². The van der Waals surface area contributed by atoms with Crippen LogP contribution in [-0.2, 0) is 4.79 Å². The molecule has 0 unspecified atom stereocenters. The van der Waals surface area contributed by atoms with Crippen molar-refractivity contribution in [3.8, 4) is 17.2 Å².